The van der Waals surface area contributed by atoms with E-state index in [0.29, 0.717) is 16.0 Å². The first-order valence-corrected chi connectivity index (χ1v) is 9.01. The Balaban J connectivity index is 1.66. The highest BCUT2D eigenvalue weighted by Crippen LogP contribution is 2.17. The van der Waals surface area contributed by atoms with E-state index in [9.17, 15) is 4.79 Å². The molecule has 0 fully saturated rings. The van der Waals surface area contributed by atoms with Crippen molar-refractivity contribution in [1.29, 1.82) is 0 Å². The molecule has 8 heteroatoms. The summed E-state index contributed by atoms with van der Waals surface area (Å²) in [5, 5.41) is 10.9. The largest absolute Gasteiger partial charge is 0.293 e. The van der Waals surface area contributed by atoms with Crippen LogP contribution in [0.1, 0.15) is 20.9 Å². The second-order valence-corrected chi connectivity index (χ2v) is 7.13. The van der Waals surface area contributed by atoms with Crippen LogP contribution in [0.5, 0.6) is 0 Å². The lowest BCUT2D eigenvalue weighted by atomic mass is 10.2. The van der Waals surface area contributed by atoms with Crippen LogP contribution in [-0.2, 0) is 6.54 Å². The third-order valence-corrected chi connectivity index (χ3v) is 4.73. The maximum absolute atomic E-state index is 12.2. The van der Waals surface area contributed by atoms with Gasteiger partial charge in [-0.25, -0.2) is 5.43 Å². The predicted molar refractivity (Wildman–Crippen MR) is 99.9 cm³/mol. The molecule has 1 amide bonds. The van der Waals surface area contributed by atoms with Gasteiger partial charge in [0.15, 0.2) is 5.69 Å². The van der Waals surface area contributed by atoms with Crippen molar-refractivity contribution in [3.05, 3.63) is 73.6 Å². The predicted octanol–water partition coefficient (Wildman–Crippen LogP) is 4.17. The maximum atomic E-state index is 12.2. The van der Waals surface area contributed by atoms with Gasteiger partial charge in [0, 0.05) is 16.1 Å². The monoisotopic (exact) mass is 422 g/mol. The minimum atomic E-state index is -0.371. The fourth-order valence-electron chi connectivity index (χ4n) is 1.98. The number of carbonyl (C=O) groups is 1. The molecule has 2 aromatic heterocycles. The molecule has 0 aliphatic heterocycles. The fourth-order valence-corrected chi connectivity index (χ4v) is 3.19. The molecule has 122 valence electrons. The van der Waals surface area contributed by atoms with Crippen molar-refractivity contribution >= 4 is 51.0 Å². The van der Waals surface area contributed by atoms with Crippen molar-refractivity contribution in [3.8, 4) is 0 Å². The minimum absolute atomic E-state index is 0.285. The van der Waals surface area contributed by atoms with E-state index in [1.807, 2.05) is 41.8 Å². The molecule has 0 atom stereocenters. The van der Waals surface area contributed by atoms with Gasteiger partial charge < -0.3 is 0 Å². The highest BCUT2D eigenvalue weighted by Gasteiger charge is 2.14. The second kappa shape index (κ2) is 7.74. The van der Waals surface area contributed by atoms with Crippen LogP contribution in [0, 0.1) is 0 Å². The zero-order valence-corrected chi connectivity index (χ0v) is 15.5. The topological polar surface area (TPSA) is 59.3 Å². The number of nitrogens with zero attached hydrogens (tertiary/aromatic N) is 3. The van der Waals surface area contributed by atoms with Crippen molar-refractivity contribution in [3.63, 3.8) is 0 Å². The van der Waals surface area contributed by atoms with Crippen LogP contribution in [0.3, 0.4) is 0 Å². The Bertz CT molecular complexity index is 859. The Morgan fingerprint density at radius 1 is 1.38 bits per heavy atom. The molecule has 0 bridgehead atoms. The van der Waals surface area contributed by atoms with E-state index < -0.39 is 0 Å². The number of halogens is 2. The number of hydrazone groups is 1. The third-order valence-electron chi connectivity index (χ3n) is 3.09. The van der Waals surface area contributed by atoms with Crippen molar-refractivity contribution < 1.29 is 4.79 Å². The van der Waals surface area contributed by atoms with Crippen LogP contribution >= 0.6 is 38.9 Å². The van der Waals surface area contributed by atoms with Gasteiger partial charge in [-0.05, 0) is 45.1 Å². The van der Waals surface area contributed by atoms with E-state index in [1.54, 1.807) is 28.4 Å². The normalized spacial score (nSPS) is 11.1. The molecule has 0 radical (unpaired) electrons. The highest BCUT2D eigenvalue weighted by atomic mass is 79.9. The summed E-state index contributed by atoms with van der Waals surface area (Å²) in [5.74, 6) is -0.371. The van der Waals surface area contributed by atoms with Gasteiger partial charge in [-0.1, -0.05) is 29.8 Å². The van der Waals surface area contributed by atoms with Gasteiger partial charge in [0.1, 0.15) is 0 Å². The molecule has 1 aromatic carbocycles. The Kier molecular flexibility index (Phi) is 5.44. The summed E-state index contributed by atoms with van der Waals surface area (Å²) in [5.41, 5.74) is 3.80. The number of rotatable bonds is 5. The lowest BCUT2D eigenvalue weighted by Gasteiger charge is -2.01. The van der Waals surface area contributed by atoms with Crippen molar-refractivity contribution in [2.45, 2.75) is 6.54 Å². The summed E-state index contributed by atoms with van der Waals surface area (Å²) in [6.45, 7) is 0.543. The van der Waals surface area contributed by atoms with Crippen molar-refractivity contribution in [1.82, 2.24) is 15.2 Å². The van der Waals surface area contributed by atoms with Gasteiger partial charge >= 0.3 is 0 Å². The van der Waals surface area contributed by atoms with Crippen molar-refractivity contribution in [2.75, 3.05) is 0 Å². The summed E-state index contributed by atoms with van der Waals surface area (Å²) < 4.78 is 2.30. The summed E-state index contributed by atoms with van der Waals surface area (Å²) in [6.07, 6.45) is 3.35. The van der Waals surface area contributed by atoms with E-state index in [-0.39, 0.29) is 11.6 Å². The van der Waals surface area contributed by atoms with E-state index in [1.165, 1.54) is 0 Å². The van der Waals surface area contributed by atoms with E-state index >= 15 is 0 Å². The number of nitrogens with one attached hydrogen (secondary N) is 1. The van der Waals surface area contributed by atoms with Gasteiger partial charge in [-0.2, -0.15) is 10.2 Å². The molecule has 0 aliphatic carbocycles. The first kappa shape index (κ1) is 16.9. The molecule has 0 saturated carbocycles. The first-order chi connectivity index (χ1) is 11.6. The lowest BCUT2D eigenvalue weighted by Crippen LogP contribution is -2.19. The Hall–Kier alpha value is -1.96. The number of hydrogen-bond donors (Lipinski definition) is 1. The standard InChI is InChI=1S/C16H12BrClN4OS/c17-14-10-22(9-11-3-5-12(18)6-4-11)21-15(14)16(23)20-19-8-13-2-1-7-24-13/h1-8,10H,9H2,(H,20,23). The Morgan fingerprint density at radius 2 is 2.17 bits per heavy atom. The fraction of sp³-hybridized carbons (Fsp3) is 0.0625. The van der Waals surface area contributed by atoms with Crippen LogP contribution in [-0.4, -0.2) is 21.9 Å². The van der Waals surface area contributed by atoms with E-state index in [2.05, 4.69) is 31.6 Å². The second-order valence-electron chi connectivity index (χ2n) is 4.86. The molecule has 1 N–H and O–H groups in total. The number of benzene rings is 1. The lowest BCUT2D eigenvalue weighted by molar-refractivity contribution is 0.0948. The SMILES string of the molecule is O=C(NN=Cc1cccs1)c1nn(Cc2ccc(Cl)cc2)cc1Br. The van der Waals surface area contributed by atoms with E-state index in [0.717, 1.165) is 10.4 Å². The number of hydrogen-bond acceptors (Lipinski definition) is 4. The molecule has 24 heavy (non-hydrogen) atoms. The van der Waals surface area contributed by atoms with Crippen LogP contribution in [0.2, 0.25) is 5.02 Å². The van der Waals surface area contributed by atoms with Gasteiger partial charge in [-0.3, -0.25) is 9.48 Å². The van der Waals surface area contributed by atoms with Gasteiger partial charge in [0.2, 0.25) is 0 Å². The Labute approximate surface area is 156 Å². The van der Waals surface area contributed by atoms with Crippen LogP contribution in [0.4, 0.5) is 0 Å². The molecular formula is C16H12BrClN4OS. The van der Waals surface area contributed by atoms with Gasteiger partial charge in [0.25, 0.3) is 5.91 Å². The average Bonchev–Trinajstić information content (AvgIpc) is 3.19. The minimum Gasteiger partial charge on any atom is -0.266 e. The highest BCUT2D eigenvalue weighted by molar-refractivity contribution is 9.10. The molecular weight excluding hydrogens is 412 g/mol. The number of aromatic nitrogens is 2. The number of carbonyl (C=O) groups excluding carboxylic acids is 1. The summed E-state index contributed by atoms with van der Waals surface area (Å²) in [6, 6.07) is 11.3. The first-order valence-electron chi connectivity index (χ1n) is 6.96. The average molecular weight is 424 g/mol. The molecule has 3 aromatic rings. The molecule has 0 unspecified atom stereocenters. The summed E-state index contributed by atoms with van der Waals surface area (Å²) in [4.78, 5) is 13.1. The van der Waals surface area contributed by atoms with Gasteiger partial charge in [0.05, 0.1) is 17.2 Å². The number of amides is 1. The summed E-state index contributed by atoms with van der Waals surface area (Å²) in [7, 11) is 0. The van der Waals surface area contributed by atoms with E-state index in [4.69, 9.17) is 11.6 Å². The zero-order valence-electron chi connectivity index (χ0n) is 12.3. The third kappa shape index (κ3) is 4.31. The molecule has 3 rings (SSSR count). The summed E-state index contributed by atoms with van der Waals surface area (Å²) >= 11 is 10.8. The van der Waals surface area contributed by atoms with Crippen LogP contribution in [0.25, 0.3) is 0 Å². The van der Waals surface area contributed by atoms with Crippen LogP contribution < -0.4 is 5.43 Å². The molecule has 5 nitrogen and oxygen atoms in total. The number of thiophene rings is 1. The Morgan fingerprint density at radius 3 is 2.88 bits per heavy atom. The molecule has 0 saturated heterocycles. The molecule has 0 spiro atoms. The van der Waals surface area contributed by atoms with Crippen LogP contribution in [0.15, 0.2) is 57.5 Å². The quantitative estimate of drug-likeness (QED) is 0.494. The molecule has 0 aliphatic rings. The smallest absolute Gasteiger partial charge is 0.266 e. The maximum Gasteiger partial charge on any atom is 0.293 e. The van der Waals surface area contributed by atoms with Crippen molar-refractivity contribution in [2.24, 2.45) is 5.10 Å². The van der Waals surface area contributed by atoms with Gasteiger partial charge in [-0.15, -0.1) is 11.3 Å². The molecule has 2 heterocycles. The zero-order chi connectivity index (χ0) is 16.9.